The zero-order valence-corrected chi connectivity index (χ0v) is 25.0. The summed E-state index contributed by atoms with van der Waals surface area (Å²) in [6, 6.07) is 17.0. The van der Waals surface area contributed by atoms with Crippen LogP contribution in [-0.4, -0.2) is 54.6 Å². The fourth-order valence-corrected chi connectivity index (χ4v) is 6.05. The number of likely N-dealkylation sites (tertiary alicyclic amines) is 1. The summed E-state index contributed by atoms with van der Waals surface area (Å²) >= 11 is 1.45. The molecule has 9 nitrogen and oxygen atoms in total. The van der Waals surface area contributed by atoms with Gasteiger partial charge in [0.25, 0.3) is 0 Å². The Hall–Kier alpha value is -4.07. The molecule has 13 heteroatoms. The van der Waals surface area contributed by atoms with Crippen LogP contribution < -0.4 is 14.8 Å². The van der Waals surface area contributed by atoms with Gasteiger partial charge >= 0.3 is 6.03 Å². The molecule has 0 radical (unpaired) electrons. The largest absolute Gasteiger partial charge is 0.457 e. The van der Waals surface area contributed by atoms with Crippen molar-refractivity contribution in [3.05, 3.63) is 101 Å². The zero-order valence-electron chi connectivity index (χ0n) is 23.4. The van der Waals surface area contributed by atoms with Gasteiger partial charge in [-0.1, -0.05) is 12.1 Å². The molecule has 1 aromatic heterocycles. The summed E-state index contributed by atoms with van der Waals surface area (Å²) in [4.78, 5) is 21.6. The van der Waals surface area contributed by atoms with Crippen molar-refractivity contribution in [2.45, 2.75) is 32.0 Å². The van der Waals surface area contributed by atoms with Crippen LogP contribution >= 0.6 is 11.3 Å². The Kier molecular flexibility index (Phi) is 9.53. The molecule has 2 amide bonds. The Morgan fingerprint density at radius 1 is 1.05 bits per heavy atom. The third-order valence-corrected chi connectivity index (χ3v) is 8.31. The number of nitrogens with zero attached hydrogens (tertiary/aromatic N) is 3. The minimum absolute atomic E-state index is 0.0682. The number of carbonyl (C=O) groups is 1. The number of hydrogen-bond acceptors (Lipinski definition) is 7. The molecule has 0 saturated carbocycles. The van der Waals surface area contributed by atoms with Gasteiger partial charge in [0.05, 0.1) is 18.5 Å². The molecule has 2 N–H and O–H groups in total. The number of urea groups is 1. The second-order valence-electron chi connectivity index (χ2n) is 10.3. The number of nitrogens with one attached hydrogen (secondary N) is 2. The second-order valence-corrected chi connectivity index (χ2v) is 13.0. The van der Waals surface area contributed by atoms with E-state index in [0.29, 0.717) is 23.7 Å². The van der Waals surface area contributed by atoms with Crippen molar-refractivity contribution in [1.82, 2.24) is 14.8 Å². The molecule has 5 rings (SSSR count). The standard InChI is InChI=1S/C30H31F2N5O4S2/c1-43(39,40)35-23-5-9-26(10-6-23)41-25-7-2-21(3-8-25)19-36-15-12-24(13-16-36)37(20-29-33-14-17-42-29)30(38)34-28-11-4-22(31)18-27(28)32/h2-11,14,17-18,24,35H,12-13,15-16,19-20H2,1H3,(H,34,38). The first-order valence-corrected chi connectivity index (χ1v) is 16.4. The van der Waals surface area contributed by atoms with Crippen molar-refractivity contribution in [3.8, 4) is 11.5 Å². The van der Waals surface area contributed by atoms with Crippen LogP contribution in [0.25, 0.3) is 0 Å². The van der Waals surface area contributed by atoms with Crippen LogP contribution in [0, 0.1) is 11.6 Å². The Morgan fingerprint density at radius 3 is 2.33 bits per heavy atom. The van der Waals surface area contributed by atoms with E-state index in [-0.39, 0.29) is 11.7 Å². The molecule has 43 heavy (non-hydrogen) atoms. The number of anilines is 2. The highest BCUT2D eigenvalue weighted by Crippen LogP contribution is 2.26. The summed E-state index contributed by atoms with van der Waals surface area (Å²) in [5, 5.41) is 5.23. The average molecular weight is 628 g/mol. The van der Waals surface area contributed by atoms with E-state index >= 15 is 0 Å². The number of piperidine rings is 1. The second kappa shape index (κ2) is 13.5. The number of hydrogen-bond donors (Lipinski definition) is 2. The number of rotatable bonds is 10. The van der Waals surface area contributed by atoms with Gasteiger partial charge in [-0.25, -0.2) is 27.0 Å². The lowest BCUT2D eigenvalue weighted by Crippen LogP contribution is -2.48. The molecule has 0 spiro atoms. The first-order valence-electron chi connectivity index (χ1n) is 13.6. The predicted octanol–water partition coefficient (Wildman–Crippen LogP) is 6.28. The summed E-state index contributed by atoms with van der Waals surface area (Å²) in [5.41, 5.74) is 1.51. The zero-order chi connectivity index (χ0) is 30.4. The molecule has 226 valence electrons. The number of carbonyl (C=O) groups excluding carboxylic acids is 1. The molecule has 2 heterocycles. The maximum absolute atomic E-state index is 14.2. The van der Waals surface area contributed by atoms with Crippen molar-refractivity contribution in [2.24, 2.45) is 0 Å². The number of thiazole rings is 1. The number of sulfonamides is 1. The van der Waals surface area contributed by atoms with Crippen LogP contribution in [0.4, 0.5) is 25.0 Å². The van der Waals surface area contributed by atoms with Gasteiger partial charge < -0.3 is 15.0 Å². The van der Waals surface area contributed by atoms with E-state index in [1.807, 2.05) is 29.6 Å². The van der Waals surface area contributed by atoms with Gasteiger partial charge in [-0.3, -0.25) is 9.62 Å². The SMILES string of the molecule is CS(=O)(=O)Nc1ccc(Oc2ccc(CN3CCC(N(Cc4nccs4)C(=O)Nc4ccc(F)cc4F)CC3)cc2)cc1. The monoisotopic (exact) mass is 627 g/mol. The number of benzene rings is 3. The van der Waals surface area contributed by atoms with Crippen LogP contribution in [0.15, 0.2) is 78.3 Å². The Labute approximate surface area is 253 Å². The highest BCUT2D eigenvalue weighted by molar-refractivity contribution is 7.92. The molecule has 4 aromatic rings. The van der Waals surface area contributed by atoms with Gasteiger partial charge in [-0.2, -0.15) is 0 Å². The van der Waals surface area contributed by atoms with Crippen LogP contribution in [-0.2, 0) is 23.1 Å². The van der Waals surface area contributed by atoms with Crippen LogP contribution in [0.3, 0.4) is 0 Å². The Morgan fingerprint density at radius 2 is 1.72 bits per heavy atom. The van der Waals surface area contributed by atoms with Gasteiger partial charge in [0, 0.05) is 49.0 Å². The molecular formula is C30H31F2N5O4S2. The Balaban J connectivity index is 1.15. The van der Waals surface area contributed by atoms with Crippen LogP contribution in [0.5, 0.6) is 11.5 Å². The summed E-state index contributed by atoms with van der Waals surface area (Å²) in [6.07, 6.45) is 4.25. The third-order valence-electron chi connectivity index (χ3n) is 6.94. The predicted molar refractivity (Wildman–Crippen MR) is 163 cm³/mol. The van der Waals surface area contributed by atoms with Crippen molar-refractivity contribution < 1.29 is 26.7 Å². The van der Waals surface area contributed by atoms with E-state index in [1.165, 1.54) is 17.4 Å². The van der Waals surface area contributed by atoms with Crippen molar-refractivity contribution in [2.75, 3.05) is 29.4 Å². The number of amides is 2. The van der Waals surface area contributed by atoms with Crippen molar-refractivity contribution in [1.29, 1.82) is 0 Å². The quantitative estimate of drug-likeness (QED) is 0.214. The fraction of sp³-hybridized carbons (Fsp3) is 0.267. The molecular weight excluding hydrogens is 596 g/mol. The summed E-state index contributed by atoms with van der Waals surface area (Å²) < 4.78 is 58.6. The fourth-order valence-electron chi connectivity index (χ4n) is 4.87. The van der Waals surface area contributed by atoms with E-state index < -0.39 is 27.7 Å². The van der Waals surface area contributed by atoms with Gasteiger partial charge in [-0.05, 0) is 66.9 Å². The molecule has 0 aliphatic carbocycles. The molecule has 3 aromatic carbocycles. The summed E-state index contributed by atoms with van der Waals surface area (Å²) in [7, 11) is -3.34. The average Bonchev–Trinajstić information content (AvgIpc) is 3.49. The first-order chi connectivity index (χ1) is 20.6. The van der Waals surface area contributed by atoms with Crippen molar-refractivity contribution in [3.63, 3.8) is 0 Å². The molecule has 0 unspecified atom stereocenters. The summed E-state index contributed by atoms with van der Waals surface area (Å²) in [5.74, 6) is -0.288. The minimum atomic E-state index is -3.34. The molecule has 1 saturated heterocycles. The molecule has 1 fully saturated rings. The lowest BCUT2D eigenvalue weighted by atomic mass is 10.0. The normalized spacial score (nSPS) is 14.3. The van der Waals surface area contributed by atoms with Gasteiger partial charge in [0.1, 0.15) is 28.1 Å². The Bertz CT molecular complexity index is 1630. The lowest BCUT2D eigenvalue weighted by molar-refractivity contribution is 0.119. The molecule has 0 bridgehead atoms. The van der Waals surface area contributed by atoms with Crippen molar-refractivity contribution >= 4 is 38.8 Å². The maximum Gasteiger partial charge on any atom is 0.322 e. The van der Waals surface area contributed by atoms with Crippen LogP contribution in [0.2, 0.25) is 0 Å². The van der Waals surface area contributed by atoms with E-state index in [2.05, 4.69) is 19.9 Å². The highest BCUT2D eigenvalue weighted by Gasteiger charge is 2.29. The summed E-state index contributed by atoms with van der Waals surface area (Å²) in [6.45, 7) is 2.57. The number of aromatic nitrogens is 1. The van der Waals surface area contributed by atoms with E-state index in [0.717, 1.165) is 61.4 Å². The minimum Gasteiger partial charge on any atom is -0.457 e. The molecule has 1 aliphatic rings. The molecule has 0 atom stereocenters. The van der Waals surface area contributed by atoms with Gasteiger partial charge in [0.15, 0.2) is 0 Å². The maximum atomic E-state index is 14.2. The smallest absolute Gasteiger partial charge is 0.322 e. The highest BCUT2D eigenvalue weighted by atomic mass is 32.2. The first kappa shape index (κ1) is 30.4. The topological polar surface area (TPSA) is 104 Å². The van der Waals surface area contributed by atoms with E-state index in [9.17, 15) is 22.0 Å². The molecule has 1 aliphatic heterocycles. The number of halogens is 2. The van der Waals surface area contributed by atoms with E-state index in [4.69, 9.17) is 4.74 Å². The van der Waals surface area contributed by atoms with Crippen LogP contribution in [0.1, 0.15) is 23.4 Å². The number of ether oxygens (including phenoxy) is 1. The van der Waals surface area contributed by atoms with Gasteiger partial charge in [-0.15, -0.1) is 11.3 Å². The third kappa shape index (κ3) is 8.72. The van der Waals surface area contributed by atoms with E-state index in [1.54, 1.807) is 35.4 Å². The van der Waals surface area contributed by atoms with Gasteiger partial charge in [0.2, 0.25) is 10.0 Å². The lowest BCUT2D eigenvalue weighted by Gasteiger charge is -2.38.